The predicted molar refractivity (Wildman–Crippen MR) is 95.1 cm³/mol. The van der Waals surface area contributed by atoms with E-state index < -0.39 is 38.6 Å². The summed E-state index contributed by atoms with van der Waals surface area (Å²) in [7, 11) is -4.20. The van der Waals surface area contributed by atoms with E-state index in [2.05, 4.69) is 5.32 Å². The van der Waals surface area contributed by atoms with E-state index in [1.807, 2.05) is 0 Å². The van der Waals surface area contributed by atoms with Crippen LogP contribution in [-0.4, -0.2) is 42.9 Å². The van der Waals surface area contributed by atoms with Crippen molar-refractivity contribution in [2.45, 2.75) is 17.4 Å². The Kier molecular flexibility index (Phi) is 5.48. The number of rotatable bonds is 4. The van der Waals surface area contributed by atoms with Gasteiger partial charge >= 0.3 is 0 Å². The summed E-state index contributed by atoms with van der Waals surface area (Å²) < 4.78 is 53.5. The first-order valence-corrected chi connectivity index (χ1v) is 9.74. The van der Waals surface area contributed by atoms with E-state index in [0.717, 1.165) is 28.6 Å². The molecule has 2 aromatic carbocycles. The molecule has 27 heavy (non-hydrogen) atoms. The van der Waals surface area contributed by atoms with Crippen molar-refractivity contribution in [3.05, 3.63) is 58.6 Å². The summed E-state index contributed by atoms with van der Waals surface area (Å²) in [6, 6.07) is 6.49. The number of anilines is 1. The monoisotopic (exact) mass is 416 g/mol. The molecule has 1 aliphatic rings. The van der Waals surface area contributed by atoms with Crippen molar-refractivity contribution in [2.75, 3.05) is 18.4 Å². The van der Waals surface area contributed by atoms with Gasteiger partial charge in [0.15, 0.2) is 0 Å². The molecule has 0 bridgehead atoms. The first-order valence-electron chi connectivity index (χ1n) is 7.92. The van der Waals surface area contributed by atoms with E-state index in [-0.39, 0.29) is 35.8 Å². The Labute approximate surface area is 159 Å². The second-order valence-electron chi connectivity index (χ2n) is 6.03. The molecule has 0 radical (unpaired) electrons. The van der Waals surface area contributed by atoms with E-state index in [9.17, 15) is 27.1 Å². The summed E-state index contributed by atoms with van der Waals surface area (Å²) in [4.78, 5) is 11.7. The molecule has 0 saturated carbocycles. The molecule has 0 aliphatic carbocycles. The molecule has 144 valence electrons. The minimum Gasteiger partial charge on any atom is -0.392 e. The average molecular weight is 417 g/mol. The minimum atomic E-state index is -4.20. The number of amides is 1. The number of nitrogens with zero attached hydrogens (tertiary/aromatic N) is 1. The summed E-state index contributed by atoms with van der Waals surface area (Å²) in [6.45, 7) is -0.0697. The number of benzene rings is 2. The maximum absolute atomic E-state index is 14.1. The molecule has 1 atom stereocenters. The molecule has 10 heteroatoms. The molecule has 6 nitrogen and oxygen atoms in total. The lowest BCUT2D eigenvalue weighted by molar-refractivity contribution is 0.102. The van der Waals surface area contributed by atoms with E-state index in [1.54, 1.807) is 0 Å². The van der Waals surface area contributed by atoms with Crippen LogP contribution < -0.4 is 5.32 Å². The number of hydrogen-bond donors (Lipinski definition) is 2. The fourth-order valence-corrected chi connectivity index (χ4v) is 4.45. The van der Waals surface area contributed by atoms with Gasteiger partial charge in [0.1, 0.15) is 16.5 Å². The summed E-state index contributed by atoms with van der Waals surface area (Å²) >= 11 is 5.65. The van der Waals surface area contributed by atoms with Crippen molar-refractivity contribution in [1.82, 2.24) is 4.31 Å². The maximum Gasteiger partial charge on any atom is 0.255 e. The smallest absolute Gasteiger partial charge is 0.255 e. The van der Waals surface area contributed by atoms with Crippen molar-refractivity contribution in [3.8, 4) is 0 Å². The van der Waals surface area contributed by atoms with E-state index in [0.29, 0.717) is 0 Å². The van der Waals surface area contributed by atoms with Gasteiger partial charge in [-0.15, -0.1) is 0 Å². The van der Waals surface area contributed by atoms with Crippen LogP contribution in [0.4, 0.5) is 14.5 Å². The summed E-state index contributed by atoms with van der Waals surface area (Å²) in [6.07, 6.45) is -0.552. The molecule has 2 aromatic rings. The van der Waals surface area contributed by atoms with Gasteiger partial charge in [-0.05, 0) is 42.8 Å². The highest BCUT2D eigenvalue weighted by Crippen LogP contribution is 2.25. The minimum absolute atomic E-state index is 0.0629. The van der Waals surface area contributed by atoms with Crippen molar-refractivity contribution in [2.24, 2.45) is 0 Å². The number of halogens is 3. The molecule has 1 unspecified atom stereocenters. The summed E-state index contributed by atoms with van der Waals surface area (Å²) in [5.41, 5.74) is 0.0953. The van der Waals surface area contributed by atoms with Gasteiger partial charge in [-0.1, -0.05) is 11.6 Å². The number of aliphatic hydroxyl groups excluding tert-OH is 1. The Morgan fingerprint density at radius 3 is 2.52 bits per heavy atom. The predicted octanol–water partition coefficient (Wildman–Crippen LogP) is 2.63. The Balaban J connectivity index is 1.88. The highest BCUT2D eigenvalue weighted by molar-refractivity contribution is 7.89. The summed E-state index contributed by atoms with van der Waals surface area (Å²) in [5, 5.41) is 11.8. The molecule has 0 aromatic heterocycles. The van der Waals surface area contributed by atoms with Crippen molar-refractivity contribution in [1.29, 1.82) is 0 Å². The average Bonchev–Trinajstić information content (AvgIpc) is 3.05. The largest absolute Gasteiger partial charge is 0.392 e. The number of hydrogen-bond acceptors (Lipinski definition) is 4. The van der Waals surface area contributed by atoms with Gasteiger partial charge in [-0.3, -0.25) is 4.79 Å². The first-order chi connectivity index (χ1) is 12.7. The SMILES string of the molecule is O=C(Nc1ccc(F)c(Cl)c1)c1ccc(F)c(S(=O)(=O)N2CCC(O)C2)c1. The van der Waals surface area contributed by atoms with Crippen molar-refractivity contribution in [3.63, 3.8) is 0 Å². The lowest BCUT2D eigenvalue weighted by Crippen LogP contribution is -2.30. The Morgan fingerprint density at radius 2 is 1.89 bits per heavy atom. The Bertz CT molecular complexity index is 1000. The third-order valence-corrected chi connectivity index (χ3v) is 6.28. The fourth-order valence-electron chi connectivity index (χ4n) is 2.69. The molecular formula is C17H15ClF2N2O4S. The Morgan fingerprint density at radius 1 is 1.19 bits per heavy atom. The zero-order valence-electron chi connectivity index (χ0n) is 13.8. The van der Waals surface area contributed by atoms with Gasteiger partial charge in [0.25, 0.3) is 5.91 Å². The second kappa shape index (κ2) is 7.51. The van der Waals surface area contributed by atoms with Crippen LogP contribution >= 0.6 is 11.6 Å². The number of β-amino-alcohol motifs (C(OH)–C–C–N with tert-alkyl or cyclic N) is 1. The quantitative estimate of drug-likeness (QED) is 0.802. The number of aliphatic hydroxyl groups is 1. The molecule has 1 heterocycles. The highest BCUT2D eigenvalue weighted by atomic mass is 35.5. The normalized spacial score (nSPS) is 17.9. The highest BCUT2D eigenvalue weighted by Gasteiger charge is 2.33. The van der Waals surface area contributed by atoms with Crippen LogP contribution in [0.15, 0.2) is 41.3 Å². The molecular weight excluding hydrogens is 402 g/mol. The first kappa shape index (κ1) is 19.7. The van der Waals surface area contributed by atoms with Crippen LogP contribution in [0.25, 0.3) is 0 Å². The lowest BCUT2D eigenvalue weighted by Gasteiger charge is -2.17. The molecule has 1 saturated heterocycles. The Hall–Kier alpha value is -2.07. The number of nitrogens with one attached hydrogen (secondary N) is 1. The third-order valence-electron chi connectivity index (χ3n) is 4.11. The molecule has 2 N–H and O–H groups in total. The molecule has 1 amide bonds. The van der Waals surface area contributed by atoms with Crippen molar-refractivity contribution < 1.29 is 27.1 Å². The van der Waals surface area contributed by atoms with Crippen LogP contribution in [0, 0.1) is 11.6 Å². The van der Waals surface area contributed by atoms with Gasteiger partial charge in [-0.2, -0.15) is 4.31 Å². The molecule has 1 fully saturated rings. The van der Waals surface area contributed by atoms with Crippen LogP contribution in [0.1, 0.15) is 16.8 Å². The fraction of sp³-hybridized carbons (Fsp3) is 0.235. The van der Waals surface area contributed by atoms with E-state index in [4.69, 9.17) is 11.6 Å². The third kappa shape index (κ3) is 4.11. The van der Waals surface area contributed by atoms with Gasteiger partial charge < -0.3 is 10.4 Å². The van der Waals surface area contributed by atoms with Crippen LogP contribution in [0.3, 0.4) is 0 Å². The molecule has 3 rings (SSSR count). The van der Waals surface area contributed by atoms with E-state index >= 15 is 0 Å². The standard InChI is InChI=1S/C17H15ClF2N2O4S/c18-13-8-11(2-4-14(13)19)21-17(24)10-1-3-15(20)16(7-10)27(25,26)22-6-5-12(23)9-22/h1-4,7-8,12,23H,5-6,9H2,(H,21,24). The number of carbonyl (C=O) groups is 1. The number of sulfonamides is 1. The molecule has 0 spiro atoms. The number of carbonyl (C=O) groups excluding carboxylic acids is 1. The zero-order chi connectivity index (χ0) is 19.8. The second-order valence-corrected chi connectivity index (χ2v) is 8.35. The van der Waals surface area contributed by atoms with E-state index in [1.165, 1.54) is 12.1 Å². The van der Waals surface area contributed by atoms with Gasteiger partial charge in [0, 0.05) is 24.3 Å². The van der Waals surface area contributed by atoms with Crippen LogP contribution in [0.2, 0.25) is 5.02 Å². The lowest BCUT2D eigenvalue weighted by atomic mass is 10.2. The van der Waals surface area contributed by atoms with Crippen LogP contribution in [-0.2, 0) is 10.0 Å². The van der Waals surface area contributed by atoms with Gasteiger partial charge in [0.2, 0.25) is 10.0 Å². The summed E-state index contributed by atoms with van der Waals surface area (Å²) in [5.74, 6) is -2.37. The zero-order valence-corrected chi connectivity index (χ0v) is 15.4. The van der Waals surface area contributed by atoms with Gasteiger partial charge in [-0.25, -0.2) is 17.2 Å². The molecule has 1 aliphatic heterocycles. The van der Waals surface area contributed by atoms with Gasteiger partial charge in [0.05, 0.1) is 11.1 Å². The van der Waals surface area contributed by atoms with Crippen molar-refractivity contribution >= 4 is 33.2 Å². The van der Waals surface area contributed by atoms with Crippen LogP contribution in [0.5, 0.6) is 0 Å². The topological polar surface area (TPSA) is 86.7 Å². The maximum atomic E-state index is 14.1.